The summed E-state index contributed by atoms with van der Waals surface area (Å²) in [6.07, 6.45) is 0. The van der Waals surface area contributed by atoms with Crippen LogP contribution in [0.1, 0.15) is 31.3 Å². The summed E-state index contributed by atoms with van der Waals surface area (Å²) in [5.74, 6) is -0.0671. The fourth-order valence-electron chi connectivity index (χ4n) is 0.604. The molecule has 1 heterocycles. The molecule has 0 aliphatic rings. The number of hydrogen-bond acceptors (Lipinski definition) is 2. The van der Waals surface area contributed by atoms with Crippen LogP contribution in [0.5, 0.6) is 0 Å². The summed E-state index contributed by atoms with van der Waals surface area (Å²) >= 11 is 5.53. The molecule has 12 heavy (non-hydrogen) atoms. The summed E-state index contributed by atoms with van der Waals surface area (Å²) in [6.45, 7) is 5.46. The standard InChI is InChI=1S/C7H6ClNO.C2H6/c1-5(10)6-3-2-4-7(8)9-6;1-2/h2-4H,1H3;1-2H3. The van der Waals surface area contributed by atoms with Gasteiger partial charge < -0.3 is 0 Å². The molecule has 0 N–H and O–H groups in total. The van der Waals surface area contributed by atoms with Crippen molar-refractivity contribution in [3.05, 3.63) is 29.0 Å². The zero-order valence-corrected chi connectivity index (χ0v) is 8.22. The highest BCUT2D eigenvalue weighted by Crippen LogP contribution is 2.04. The van der Waals surface area contributed by atoms with Gasteiger partial charge in [-0.1, -0.05) is 31.5 Å². The lowest BCUT2D eigenvalue weighted by Gasteiger charge is -1.92. The van der Waals surface area contributed by atoms with E-state index in [4.69, 9.17) is 11.6 Å². The van der Waals surface area contributed by atoms with Crippen LogP contribution in [0.25, 0.3) is 0 Å². The summed E-state index contributed by atoms with van der Waals surface area (Å²) in [5.41, 5.74) is 0.410. The van der Waals surface area contributed by atoms with Crippen LogP contribution in [-0.2, 0) is 0 Å². The summed E-state index contributed by atoms with van der Waals surface area (Å²) in [4.78, 5) is 14.5. The number of rotatable bonds is 1. The lowest BCUT2D eigenvalue weighted by atomic mass is 10.3. The summed E-state index contributed by atoms with van der Waals surface area (Å²) in [7, 11) is 0. The van der Waals surface area contributed by atoms with E-state index >= 15 is 0 Å². The maximum atomic E-state index is 10.7. The normalized spacial score (nSPS) is 8.33. The molecule has 3 heteroatoms. The fraction of sp³-hybridized carbons (Fsp3) is 0.333. The number of carbonyl (C=O) groups excluding carboxylic acids is 1. The Bertz CT molecular complexity index is 260. The van der Waals surface area contributed by atoms with Crippen molar-refractivity contribution in [2.75, 3.05) is 0 Å². The third-order valence-electron chi connectivity index (χ3n) is 1.08. The lowest BCUT2D eigenvalue weighted by molar-refractivity contribution is 0.101. The molecule has 0 radical (unpaired) electrons. The van der Waals surface area contributed by atoms with Crippen LogP contribution in [0.3, 0.4) is 0 Å². The molecule has 2 nitrogen and oxygen atoms in total. The summed E-state index contributed by atoms with van der Waals surface area (Å²) in [5, 5.41) is 0.354. The largest absolute Gasteiger partial charge is 0.293 e. The summed E-state index contributed by atoms with van der Waals surface area (Å²) in [6, 6.07) is 4.97. The van der Waals surface area contributed by atoms with Gasteiger partial charge in [-0.05, 0) is 12.1 Å². The first-order valence-electron chi connectivity index (χ1n) is 3.83. The number of carbonyl (C=O) groups is 1. The van der Waals surface area contributed by atoms with Gasteiger partial charge >= 0.3 is 0 Å². The van der Waals surface area contributed by atoms with E-state index in [2.05, 4.69) is 4.98 Å². The molecule has 1 aromatic heterocycles. The van der Waals surface area contributed by atoms with Crippen molar-refractivity contribution in [3.63, 3.8) is 0 Å². The topological polar surface area (TPSA) is 30.0 Å². The number of Topliss-reactive ketones (excluding diaryl/α,β-unsaturated/α-hetero) is 1. The van der Waals surface area contributed by atoms with Gasteiger partial charge in [-0.25, -0.2) is 4.98 Å². The third kappa shape index (κ3) is 3.49. The van der Waals surface area contributed by atoms with Gasteiger partial charge in [0.15, 0.2) is 5.78 Å². The molecule has 0 unspecified atom stereocenters. The van der Waals surface area contributed by atoms with Gasteiger partial charge in [0.05, 0.1) is 0 Å². The van der Waals surface area contributed by atoms with Gasteiger partial charge in [0.1, 0.15) is 10.8 Å². The Hall–Kier alpha value is -0.890. The van der Waals surface area contributed by atoms with Crippen molar-refractivity contribution >= 4 is 17.4 Å². The van der Waals surface area contributed by atoms with Gasteiger partial charge in [0.2, 0.25) is 0 Å². The molecular weight excluding hydrogens is 174 g/mol. The Morgan fingerprint density at radius 1 is 1.42 bits per heavy atom. The number of nitrogens with zero attached hydrogens (tertiary/aromatic N) is 1. The Morgan fingerprint density at radius 3 is 2.33 bits per heavy atom. The fourth-order valence-corrected chi connectivity index (χ4v) is 0.768. The maximum Gasteiger partial charge on any atom is 0.178 e. The molecular formula is C9H12ClNO. The molecule has 1 aromatic rings. The van der Waals surface area contributed by atoms with E-state index in [0.29, 0.717) is 10.8 Å². The van der Waals surface area contributed by atoms with Crippen LogP contribution in [0, 0.1) is 0 Å². The molecule has 0 saturated heterocycles. The quantitative estimate of drug-likeness (QED) is 0.498. The molecule has 0 atom stereocenters. The van der Waals surface area contributed by atoms with E-state index in [9.17, 15) is 4.79 Å². The van der Waals surface area contributed by atoms with Crippen LogP contribution >= 0.6 is 11.6 Å². The van der Waals surface area contributed by atoms with E-state index in [-0.39, 0.29) is 5.78 Å². The average molecular weight is 186 g/mol. The molecule has 0 saturated carbocycles. The van der Waals surface area contributed by atoms with Gasteiger partial charge in [-0.2, -0.15) is 0 Å². The van der Waals surface area contributed by atoms with Crippen molar-refractivity contribution in [2.24, 2.45) is 0 Å². The van der Waals surface area contributed by atoms with Crippen molar-refractivity contribution < 1.29 is 4.79 Å². The van der Waals surface area contributed by atoms with Crippen LogP contribution < -0.4 is 0 Å². The Balaban J connectivity index is 0.000000561. The molecule has 1 rings (SSSR count). The highest BCUT2D eigenvalue weighted by molar-refractivity contribution is 6.29. The van der Waals surface area contributed by atoms with E-state index < -0.39 is 0 Å². The monoisotopic (exact) mass is 185 g/mol. The minimum Gasteiger partial charge on any atom is -0.293 e. The molecule has 66 valence electrons. The van der Waals surface area contributed by atoms with Crippen LogP contribution in [-0.4, -0.2) is 10.8 Å². The first-order chi connectivity index (χ1) is 5.70. The smallest absolute Gasteiger partial charge is 0.178 e. The Kier molecular flexibility index (Phi) is 5.30. The van der Waals surface area contributed by atoms with Crippen molar-refractivity contribution in [1.29, 1.82) is 0 Å². The first kappa shape index (κ1) is 11.1. The second kappa shape index (κ2) is 5.72. The number of pyridine rings is 1. The van der Waals surface area contributed by atoms with Gasteiger partial charge in [0, 0.05) is 6.92 Å². The van der Waals surface area contributed by atoms with Gasteiger partial charge in [0.25, 0.3) is 0 Å². The van der Waals surface area contributed by atoms with E-state index in [1.165, 1.54) is 6.92 Å². The zero-order chi connectivity index (χ0) is 9.56. The summed E-state index contributed by atoms with van der Waals surface area (Å²) < 4.78 is 0. The predicted molar refractivity (Wildman–Crippen MR) is 50.6 cm³/mol. The molecule has 0 aliphatic carbocycles. The van der Waals surface area contributed by atoms with Crippen LogP contribution in [0.15, 0.2) is 18.2 Å². The van der Waals surface area contributed by atoms with Crippen molar-refractivity contribution in [3.8, 4) is 0 Å². The third-order valence-corrected chi connectivity index (χ3v) is 1.29. The van der Waals surface area contributed by atoms with Crippen LogP contribution in [0.2, 0.25) is 5.15 Å². The molecule has 0 spiro atoms. The van der Waals surface area contributed by atoms with E-state index in [1.54, 1.807) is 18.2 Å². The van der Waals surface area contributed by atoms with E-state index in [0.717, 1.165) is 0 Å². The molecule has 0 fully saturated rings. The van der Waals surface area contributed by atoms with Crippen molar-refractivity contribution in [1.82, 2.24) is 4.98 Å². The molecule has 0 aliphatic heterocycles. The molecule has 0 aromatic carbocycles. The zero-order valence-electron chi connectivity index (χ0n) is 7.47. The minimum atomic E-state index is -0.0671. The Morgan fingerprint density at radius 2 is 2.00 bits per heavy atom. The number of hydrogen-bond donors (Lipinski definition) is 0. The molecule has 0 amide bonds. The highest BCUT2D eigenvalue weighted by Gasteiger charge is 1.98. The second-order valence-electron chi connectivity index (χ2n) is 1.90. The number of aromatic nitrogens is 1. The van der Waals surface area contributed by atoms with E-state index in [1.807, 2.05) is 13.8 Å². The number of halogens is 1. The van der Waals surface area contributed by atoms with Gasteiger partial charge in [-0.3, -0.25) is 4.79 Å². The lowest BCUT2D eigenvalue weighted by Crippen LogP contribution is -1.94. The predicted octanol–water partition coefficient (Wildman–Crippen LogP) is 2.96. The van der Waals surface area contributed by atoms with Crippen LogP contribution in [0.4, 0.5) is 0 Å². The molecule has 0 bridgehead atoms. The first-order valence-corrected chi connectivity index (χ1v) is 4.21. The Labute approximate surface area is 77.6 Å². The van der Waals surface area contributed by atoms with Gasteiger partial charge in [-0.15, -0.1) is 0 Å². The maximum absolute atomic E-state index is 10.7. The average Bonchev–Trinajstić information content (AvgIpc) is 2.08. The minimum absolute atomic E-state index is 0.0671. The number of ketones is 1. The highest BCUT2D eigenvalue weighted by atomic mass is 35.5. The van der Waals surface area contributed by atoms with Crippen molar-refractivity contribution in [2.45, 2.75) is 20.8 Å². The second-order valence-corrected chi connectivity index (χ2v) is 2.29. The SMILES string of the molecule is CC.CC(=O)c1cccc(Cl)n1.